The average Bonchev–Trinajstić information content (AvgIpc) is 2.46. The molecule has 0 saturated heterocycles. The number of rotatable bonds is 5. The standard InChI is InChI=1S/C18H19N/c1-15-8-5-6-13-18(15)17(14-19)12-7-11-16-9-3-2-4-10-16/h2-6,8-10,13,17H,7,11-12H2,1H3. The molecular weight excluding hydrogens is 230 g/mol. The molecule has 0 N–H and O–H groups in total. The van der Waals surface area contributed by atoms with Crippen LogP contribution in [-0.4, -0.2) is 0 Å². The molecule has 1 nitrogen and oxygen atoms in total. The number of aryl methyl sites for hydroxylation is 2. The lowest BCUT2D eigenvalue weighted by Crippen LogP contribution is -1.99. The minimum absolute atomic E-state index is 0.0184. The molecule has 19 heavy (non-hydrogen) atoms. The fraction of sp³-hybridized carbons (Fsp3) is 0.278. The molecule has 0 fully saturated rings. The fourth-order valence-corrected chi connectivity index (χ4v) is 2.42. The Hall–Kier alpha value is -2.07. The van der Waals surface area contributed by atoms with E-state index in [4.69, 9.17) is 0 Å². The lowest BCUT2D eigenvalue weighted by atomic mass is 9.91. The summed E-state index contributed by atoms with van der Waals surface area (Å²) in [7, 11) is 0. The molecule has 0 heterocycles. The van der Waals surface area contributed by atoms with Crippen LogP contribution in [0.25, 0.3) is 0 Å². The lowest BCUT2D eigenvalue weighted by molar-refractivity contribution is 0.681. The van der Waals surface area contributed by atoms with Gasteiger partial charge in [0.2, 0.25) is 0 Å². The second kappa shape index (κ2) is 6.75. The smallest absolute Gasteiger partial charge is 0.0715 e. The second-order valence-corrected chi connectivity index (χ2v) is 4.92. The highest BCUT2D eigenvalue weighted by atomic mass is 14.3. The first kappa shape index (κ1) is 13.4. The maximum absolute atomic E-state index is 9.35. The largest absolute Gasteiger partial charge is 0.198 e. The molecule has 96 valence electrons. The summed E-state index contributed by atoms with van der Waals surface area (Å²) >= 11 is 0. The first-order chi connectivity index (χ1) is 9.31. The minimum Gasteiger partial charge on any atom is -0.198 e. The molecule has 0 aliphatic rings. The van der Waals surface area contributed by atoms with Gasteiger partial charge in [0.15, 0.2) is 0 Å². The van der Waals surface area contributed by atoms with Gasteiger partial charge in [-0.3, -0.25) is 0 Å². The first-order valence-electron chi connectivity index (χ1n) is 6.80. The van der Waals surface area contributed by atoms with Crippen molar-refractivity contribution in [1.82, 2.24) is 0 Å². The van der Waals surface area contributed by atoms with E-state index in [0.29, 0.717) is 0 Å². The molecule has 0 aliphatic heterocycles. The molecule has 2 aromatic carbocycles. The Morgan fingerprint density at radius 1 is 1.00 bits per heavy atom. The van der Waals surface area contributed by atoms with Crippen LogP contribution in [0, 0.1) is 18.3 Å². The molecule has 0 aliphatic carbocycles. The SMILES string of the molecule is Cc1ccccc1C(C#N)CCCc1ccccc1. The van der Waals surface area contributed by atoms with Crippen LogP contribution in [0.4, 0.5) is 0 Å². The Balaban J connectivity index is 1.94. The molecule has 0 spiro atoms. The van der Waals surface area contributed by atoms with Crippen molar-refractivity contribution in [1.29, 1.82) is 5.26 Å². The van der Waals surface area contributed by atoms with Gasteiger partial charge in [0.05, 0.1) is 12.0 Å². The molecule has 2 rings (SSSR count). The summed E-state index contributed by atoms with van der Waals surface area (Å²) in [6, 6.07) is 21.1. The van der Waals surface area contributed by atoms with Gasteiger partial charge < -0.3 is 0 Å². The van der Waals surface area contributed by atoms with E-state index in [1.165, 1.54) is 16.7 Å². The Labute approximate surface area is 115 Å². The summed E-state index contributed by atoms with van der Waals surface area (Å²) in [5.41, 5.74) is 3.75. The second-order valence-electron chi connectivity index (χ2n) is 4.92. The number of benzene rings is 2. The fourth-order valence-electron chi connectivity index (χ4n) is 2.42. The van der Waals surface area contributed by atoms with Gasteiger partial charge in [-0.25, -0.2) is 0 Å². The Bertz CT molecular complexity index is 551. The van der Waals surface area contributed by atoms with Crippen molar-refractivity contribution in [2.45, 2.75) is 32.1 Å². The van der Waals surface area contributed by atoms with Crippen LogP contribution in [0.2, 0.25) is 0 Å². The van der Waals surface area contributed by atoms with E-state index < -0.39 is 0 Å². The minimum atomic E-state index is 0.0184. The van der Waals surface area contributed by atoms with Crippen molar-refractivity contribution in [3.8, 4) is 6.07 Å². The van der Waals surface area contributed by atoms with Gasteiger partial charge in [-0.1, -0.05) is 54.6 Å². The molecule has 0 saturated carbocycles. The van der Waals surface area contributed by atoms with Crippen molar-refractivity contribution in [3.05, 3.63) is 71.3 Å². The van der Waals surface area contributed by atoms with E-state index in [1.54, 1.807) is 0 Å². The monoisotopic (exact) mass is 249 g/mol. The van der Waals surface area contributed by atoms with Gasteiger partial charge in [0.25, 0.3) is 0 Å². The molecule has 0 aromatic heterocycles. The van der Waals surface area contributed by atoms with Crippen LogP contribution >= 0.6 is 0 Å². The predicted octanol–water partition coefficient (Wildman–Crippen LogP) is 4.63. The molecule has 1 unspecified atom stereocenters. The van der Waals surface area contributed by atoms with Crippen LogP contribution in [0.1, 0.15) is 35.4 Å². The van der Waals surface area contributed by atoms with Gasteiger partial charge >= 0.3 is 0 Å². The van der Waals surface area contributed by atoms with Gasteiger partial charge in [-0.15, -0.1) is 0 Å². The number of nitriles is 1. The van der Waals surface area contributed by atoms with Gasteiger partial charge in [0, 0.05) is 0 Å². The zero-order valence-corrected chi connectivity index (χ0v) is 11.3. The summed E-state index contributed by atoms with van der Waals surface area (Å²) in [6.45, 7) is 2.08. The highest BCUT2D eigenvalue weighted by Crippen LogP contribution is 2.24. The average molecular weight is 249 g/mol. The maximum Gasteiger partial charge on any atom is 0.0715 e. The van der Waals surface area contributed by atoms with Crippen LogP contribution in [0.15, 0.2) is 54.6 Å². The van der Waals surface area contributed by atoms with E-state index in [9.17, 15) is 5.26 Å². The summed E-state index contributed by atoms with van der Waals surface area (Å²) in [5, 5.41) is 9.35. The number of hydrogen-bond donors (Lipinski definition) is 0. The van der Waals surface area contributed by atoms with Crippen molar-refractivity contribution in [2.24, 2.45) is 0 Å². The van der Waals surface area contributed by atoms with Crippen molar-refractivity contribution in [3.63, 3.8) is 0 Å². The highest BCUT2D eigenvalue weighted by molar-refractivity contribution is 5.32. The Kier molecular flexibility index (Phi) is 4.75. The first-order valence-corrected chi connectivity index (χ1v) is 6.80. The van der Waals surface area contributed by atoms with Crippen LogP contribution in [0.5, 0.6) is 0 Å². The molecule has 1 heteroatoms. The van der Waals surface area contributed by atoms with Gasteiger partial charge in [-0.2, -0.15) is 5.26 Å². The maximum atomic E-state index is 9.35. The summed E-state index contributed by atoms with van der Waals surface area (Å²) in [6.07, 6.45) is 3.03. The summed E-state index contributed by atoms with van der Waals surface area (Å²) < 4.78 is 0. The normalized spacial score (nSPS) is 11.8. The lowest BCUT2D eigenvalue weighted by Gasteiger charge is -2.12. The van der Waals surface area contributed by atoms with Crippen molar-refractivity contribution in [2.75, 3.05) is 0 Å². The molecule has 2 aromatic rings. The van der Waals surface area contributed by atoms with E-state index in [0.717, 1.165) is 19.3 Å². The van der Waals surface area contributed by atoms with Crippen LogP contribution < -0.4 is 0 Å². The van der Waals surface area contributed by atoms with E-state index in [-0.39, 0.29) is 5.92 Å². The van der Waals surface area contributed by atoms with E-state index >= 15 is 0 Å². The van der Waals surface area contributed by atoms with Crippen LogP contribution in [0.3, 0.4) is 0 Å². The summed E-state index contributed by atoms with van der Waals surface area (Å²) in [5.74, 6) is 0.0184. The zero-order valence-electron chi connectivity index (χ0n) is 11.3. The third-order valence-electron chi connectivity index (χ3n) is 3.52. The Morgan fingerprint density at radius 3 is 2.37 bits per heavy atom. The quantitative estimate of drug-likeness (QED) is 0.758. The molecule has 1 atom stereocenters. The number of hydrogen-bond acceptors (Lipinski definition) is 1. The number of nitrogens with zero attached hydrogens (tertiary/aromatic N) is 1. The zero-order chi connectivity index (χ0) is 13.5. The van der Waals surface area contributed by atoms with E-state index in [2.05, 4.69) is 49.4 Å². The molecule has 0 amide bonds. The summed E-state index contributed by atoms with van der Waals surface area (Å²) in [4.78, 5) is 0. The van der Waals surface area contributed by atoms with Gasteiger partial charge in [0.1, 0.15) is 0 Å². The van der Waals surface area contributed by atoms with E-state index in [1.807, 2.05) is 18.2 Å². The predicted molar refractivity (Wildman–Crippen MR) is 78.9 cm³/mol. The molecule has 0 bridgehead atoms. The van der Waals surface area contributed by atoms with Gasteiger partial charge in [-0.05, 0) is 42.9 Å². The third-order valence-corrected chi connectivity index (χ3v) is 3.52. The van der Waals surface area contributed by atoms with Crippen molar-refractivity contribution >= 4 is 0 Å². The third kappa shape index (κ3) is 3.69. The van der Waals surface area contributed by atoms with Crippen molar-refractivity contribution < 1.29 is 0 Å². The Morgan fingerprint density at radius 2 is 1.68 bits per heavy atom. The topological polar surface area (TPSA) is 23.8 Å². The molecule has 0 radical (unpaired) electrons. The molecular formula is C18H19N. The highest BCUT2D eigenvalue weighted by Gasteiger charge is 2.12. The van der Waals surface area contributed by atoms with Crippen LogP contribution in [-0.2, 0) is 6.42 Å².